The van der Waals surface area contributed by atoms with Crippen LogP contribution in [0.1, 0.15) is 16.7 Å². The lowest BCUT2D eigenvalue weighted by atomic mass is 10.1. The van der Waals surface area contributed by atoms with E-state index in [2.05, 4.69) is 58.5 Å². The summed E-state index contributed by atoms with van der Waals surface area (Å²) in [6, 6.07) is 8.40. The zero-order valence-electron chi connectivity index (χ0n) is 12.2. The van der Waals surface area contributed by atoms with E-state index < -0.39 is 0 Å². The second-order valence-electron chi connectivity index (χ2n) is 5.17. The van der Waals surface area contributed by atoms with Crippen LogP contribution in [0.5, 0.6) is 0 Å². The standard InChI is InChI=1S/C16H18N4S/c1-11-9-21-15-14(11)18-10-19-16(15)20(2)8-13-5-3-12(7-17)4-6-13/h3-6,9-10H,7-8,17H2,1-2H3. The Morgan fingerprint density at radius 1 is 1.14 bits per heavy atom. The second kappa shape index (κ2) is 5.79. The third-order valence-electron chi connectivity index (χ3n) is 3.55. The number of thiophene rings is 1. The largest absolute Gasteiger partial charge is 0.354 e. The molecule has 3 aromatic rings. The fourth-order valence-corrected chi connectivity index (χ4v) is 3.40. The average Bonchev–Trinajstić information content (AvgIpc) is 2.89. The number of rotatable bonds is 4. The molecule has 2 heterocycles. The minimum atomic E-state index is 0.580. The van der Waals surface area contributed by atoms with Gasteiger partial charge in [0.25, 0.3) is 0 Å². The lowest BCUT2D eigenvalue weighted by molar-refractivity contribution is 0.899. The van der Waals surface area contributed by atoms with E-state index in [1.807, 2.05) is 0 Å². The molecule has 5 heteroatoms. The zero-order chi connectivity index (χ0) is 14.8. The fraction of sp³-hybridized carbons (Fsp3) is 0.250. The topological polar surface area (TPSA) is 55.0 Å². The first kappa shape index (κ1) is 14.0. The summed E-state index contributed by atoms with van der Waals surface area (Å²) < 4.78 is 1.15. The van der Waals surface area contributed by atoms with Gasteiger partial charge in [0.15, 0.2) is 0 Å². The number of fused-ring (bicyclic) bond motifs is 1. The van der Waals surface area contributed by atoms with Gasteiger partial charge in [-0.25, -0.2) is 9.97 Å². The van der Waals surface area contributed by atoms with Gasteiger partial charge in [-0.3, -0.25) is 0 Å². The molecule has 0 aliphatic heterocycles. The van der Waals surface area contributed by atoms with Gasteiger partial charge in [-0.1, -0.05) is 24.3 Å². The van der Waals surface area contributed by atoms with Crippen molar-refractivity contribution in [3.8, 4) is 0 Å². The minimum absolute atomic E-state index is 0.580. The number of nitrogens with two attached hydrogens (primary N) is 1. The first-order valence-corrected chi connectivity index (χ1v) is 7.75. The molecule has 1 aromatic carbocycles. The maximum atomic E-state index is 5.63. The molecule has 4 nitrogen and oxygen atoms in total. The third-order valence-corrected chi connectivity index (χ3v) is 4.64. The molecule has 108 valence electrons. The number of aryl methyl sites for hydroxylation is 1. The normalized spacial score (nSPS) is 11.0. The lowest BCUT2D eigenvalue weighted by Gasteiger charge is -2.18. The summed E-state index contributed by atoms with van der Waals surface area (Å²) in [6.45, 7) is 3.48. The van der Waals surface area contributed by atoms with Crippen molar-refractivity contribution in [2.75, 3.05) is 11.9 Å². The molecule has 0 unspecified atom stereocenters. The maximum absolute atomic E-state index is 5.63. The van der Waals surface area contributed by atoms with Crippen molar-refractivity contribution in [3.05, 3.63) is 52.7 Å². The highest BCUT2D eigenvalue weighted by molar-refractivity contribution is 7.18. The van der Waals surface area contributed by atoms with E-state index in [1.54, 1.807) is 17.7 Å². The Kier molecular flexibility index (Phi) is 3.86. The Morgan fingerprint density at radius 3 is 2.57 bits per heavy atom. The molecule has 2 aromatic heterocycles. The van der Waals surface area contributed by atoms with Crippen LogP contribution in [0.2, 0.25) is 0 Å². The molecular formula is C16H18N4S. The number of anilines is 1. The SMILES string of the molecule is Cc1csc2c(N(C)Cc3ccc(CN)cc3)ncnc12. The van der Waals surface area contributed by atoms with Gasteiger partial charge >= 0.3 is 0 Å². The number of hydrogen-bond acceptors (Lipinski definition) is 5. The molecular weight excluding hydrogens is 280 g/mol. The summed E-state index contributed by atoms with van der Waals surface area (Å²) in [5.74, 6) is 0.987. The summed E-state index contributed by atoms with van der Waals surface area (Å²) in [6.07, 6.45) is 1.64. The van der Waals surface area contributed by atoms with E-state index in [-0.39, 0.29) is 0 Å². The van der Waals surface area contributed by atoms with Crippen LogP contribution >= 0.6 is 11.3 Å². The quantitative estimate of drug-likeness (QED) is 0.804. The van der Waals surface area contributed by atoms with Crippen LogP contribution in [0.15, 0.2) is 36.0 Å². The maximum Gasteiger partial charge on any atom is 0.150 e. The van der Waals surface area contributed by atoms with Crippen molar-refractivity contribution in [1.29, 1.82) is 0 Å². The van der Waals surface area contributed by atoms with Crippen LogP contribution in [-0.2, 0) is 13.1 Å². The predicted molar refractivity (Wildman–Crippen MR) is 88.6 cm³/mol. The Balaban J connectivity index is 1.87. The van der Waals surface area contributed by atoms with Gasteiger partial charge < -0.3 is 10.6 Å². The average molecular weight is 298 g/mol. The Hall–Kier alpha value is -1.98. The minimum Gasteiger partial charge on any atom is -0.354 e. The van der Waals surface area contributed by atoms with Crippen molar-refractivity contribution in [1.82, 2.24) is 9.97 Å². The predicted octanol–water partition coefficient (Wildman–Crippen LogP) is 3.09. The smallest absolute Gasteiger partial charge is 0.150 e. The van der Waals surface area contributed by atoms with Gasteiger partial charge in [-0.2, -0.15) is 0 Å². The highest BCUT2D eigenvalue weighted by Crippen LogP contribution is 2.30. The summed E-state index contributed by atoms with van der Waals surface area (Å²) >= 11 is 1.70. The molecule has 0 saturated heterocycles. The zero-order valence-corrected chi connectivity index (χ0v) is 13.0. The van der Waals surface area contributed by atoms with Crippen LogP contribution < -0.4 is 10.6 Å². The van der Waals surface area contributed by atoms with E-state index in [4.69, 9.17) is 5.73 Å². The van der Waals surface area contributed by atoms with Crippen molar-refractivity contribution in [3.63, 3.8) is 0 Å². The number of nitrogens with zero attached hydrogens (tertiary/aromatic N) is 3. The van der Waals surface area contributed by atoms with Crippen LogP contribution in [0.25, 0.3) is 10.2 Å². The highest BCUT2D eigenvalue weighted by Gasteiger charge is 2.12. The molecule has 0 fully saturated rings. The number of benzene rings is 1. The molecule has 0 aliphatic carbocycles. The number of aromatic nitrogens is 2. The van der Waals surface area contributed by atoms with Crippen LogP contribution in [0.3, 0.4) is 0 Å². The van der Waals surface area contributed by atoms with Crippen LogP contribution in [-0.4, -0.2) is 17.0 Å². The van der Waals surface area contributed by atoms with E-state index in [9.17, 15) is 0 Å². The highest BCUT2D eigenvalue weighted by atomic mass is 32.1. The molecule has 0 saturated carbocycles. The lowest BCUT2D eigenvalue weighted by Crippen LogP contribution is -2.18. The van der Waals surface area contributed by atoms with E-state index in [0.717, 1.165) is 28.1 Å². The van der Waals surface area contributed by atoms with E-state index >= 15 is 0 Å². The Morgan fingerprint density at radius 2 is 1.86 bits per heavy atom. The van der Waals surface area contributed by atoms with Crippen LogP contribution in [0, 0.1) is 6.92 Å². The molecule has 0 bridgehead atoms. The summed E-state index contributed by atoms with van der Waals surface area (Å²) in [5, 5.41) is 2.13. The number of hydrogen-bond donors (Lipinski definition) is 1. The molecule has 0 atom stereocenters. The van der Waals surface area contributed by atoms with E-state index in [1.165, 1.54) is 11.1 Å². The molecule has 0 spiro atoms. The first-order valence-electron chi connectivity index (χ1n) is 6.87. The summed E-state index contributed by atoms with van der Waals surface area (Å²) in [4.78, 5) is 11.0. The van der Waals surface area contributed by atoms with Crippen molar-refractivity contribution >= 4 is 27.4 Å². The molecule has 0 radical (unpaired) electrons. The van der Waals surface area contributed by atoms with Gasteiger partial charge in [-0.15, -0.1) is 11.3 Å². The Bertz CT molecular complexity index is 749. The van der Waals surface area contributed by atoms with Gasteiger partial charge in [0.05, 0.1) is 10.2 Å². The molecule has 21 heavy (non-hydrogen) atoms. The van der Waals surface area contributed by atoms with Gasteiger partial charge in [0.2, 0.25) is 0 Å². The molecule has 0 amide bonds. The molecule has 0 aliphatic rings. The van der Waals surface area contributed by atoms with Gasteiger partial charge in [0.1, 0.15) is 12.1 Å². The second-order valence-corrected chi connectivity index (χ2v) is 6.05. The van der Waals surface area contributed by atoms with Gasteiger partial charge in [-0.05, 0) is 29.0 Å². The van der Waals surface area contributed by atoms with E-state index in [0.29, 0.717) is 6.54 Å². The Labute approximate surface area is 128 Å². The van der Waals surface area contributed by atoms with Crippen LogP contribution in [0.4, 0.5) is 5.82 Å². The van der Waals surface area contributed by atoms with Crippen molar-refractivity contribution in [2.45, 2.75) is 20.0 Å². The molecule has 3 rings (SSSR count). The fourth-order valence-electron chi connectivity index (χ4n) is 2.36. The van der Waals surface area contributed by atoms with Gasteiger partial charge in [0, 0.05) is 20.1 Å². The summed E-state index contributed by atoms with van der Waals surface area (Å²) in [7, 11) is 2.06. The molecule has 2 N–H and O–H groups in total. The van der Waals surface area contributed by atoms with Crippen molar-refractivity contribution in [2.24, 2.45) is 5.73 Å². The van der Waals surface area contributed by atoms with Crippen molar-refractivity contribution < 1.29 is 0 Å². The third kappa shape index (κ3) is 2.75. The monoisotopic (exact) mass is 298 g/mol. The first-order chi connectivity index (χ1) is 10.2. The summed E-state index contributed by atoms with van der Waals surface area (Å²) in [5.41, 5.74) is 10.3.